The van der Waals surface area contributed by atoms with Crippen LogP contribution >= 0.6 is 0 Å². The number of hydrogen-bond acceptors (Lipinski definition) is 4. The molecule has 4 rings (SSSR count). The molecule has 0 saturated carbocycles. The molecule has 1 N–H and O–H groups in total. The maximum absolute atomic E-state index is 11.8. The number of nitrogens with one attached hydrogen (secondary N) is 1. The van der Waals surface area contributed by atoms with E-state index in [-0.39, 0.29) is 12.5 Å². The summed E-state index contributed by atoms with van der Waals surface area (Å²) in [7, 11) is 0. The van der Waals surface area contributed by atoms with Crippen molar-refractivity contribution in [2.45, 2.75) is 6.61 Å². The van der Waals surface area contributed by atoms with Crippen LogP contribution < -0.4 is 14.9 Å². The van der Waals surface area contributed by atoms with Gasteiger partial charge in [-0.3, -0.25) is 4.79 Å². The Morgan fingerprint density at radius 2 is 1.48 bits per heavy atom. The molecule has 5 nitrogen and oxygen atoms in total. The van der Waals surface area contributed by atoms with Crippen molar-refractivity contribution in [3.8, 4) is 11.5 Å². The normalized spacial score (nSPS) is 10.8. The van der Waals surface area contributed by atoms with Gasteiger partial charge in [-0.1, -0.05) is 54.6 Å². The number of amides is 1. The minimum absolute atomic E-state index is 0.0943. The van der Waals surface area contributed by atoms with Crippen LogP contribution in [0.2, 0.25) is 0 Å². The number of benzene rings is 4. The molecule has 0 saturated heterocycles. The fraction of sp³-hybridized carbons (Fsp3) is 0.0769. The summed E-state index contributed by atoms with van der Waals surface area (Å²) < 4.78 is 11.3. The van der Waals surface area contributed by atoms with Gasteiger partial charge in [0.05, 0.1) is 6.21 Å². The Morgan fingerprint density at radius 1 is 0.774 bits per heavy atom. The van der Waals surface area contributed by atoms with Gasteiger partial charge in [0.15, 0.2) is 6.61 Å². The molecular weight excluding hydrogens is 388 g/mol. The third-order valence-electron chi connectivity index (χ3n) is 4.62. The van der Waals surface area contributed by atoms with Crippen LogP contribution in [-0.4, -0.2) is 18.7 Å². The van der Waals surface area contributed by atoms with E-state index < -0.39 is 0 Å². The van der Waals surface area contributed by atoms with Gasteiger partial charge in [0, 0.05) is 0 Å². The van der Waals surface area contributed by atoms with Crippen molar-refractivity contribution in [3.63, 3.8) is 0 Å². The summed E-state index contributed by atoms with van der Waals surface area (Å²) in [5.41, 5.74) is 4.42. The van der Waals surface area contributed by atoms with Crippen molar-refractivity contribution in [2.24, 2.45) is 5.10 Å². The third kappa shape index (κ3) is 5.93. The molecule has 1 amide bonds. The Kier molecular flexibility index (Phi) is 6.55. The smallest absolute Gasteiger partial charge is 0.277 e. The van der Waals surface area contributed by atoms with Gasteiger partial charge in [0.2, 0.25) is 0 Å². The van der Waals surface area contributed by atoms with Gasteiger partial charge < -0.3 is 9.47 Å². The highest BCUT2D eigenvalue weighted by molar-refractivity contribution is 5.83. The summed E-state index contributed by atoms with van der Waals surface area (Å²) >= 11 is 0. The molecule has 0 atom stereocenters. The topological polar surface area (TPSA) is 59.9 Å². The largest absolute Gasteiger partial charge is 0.489 e. The Labute approximate surface area is 180 Å². The first-order valence-electron chi connectivity index (χ1n) is 9.96. The molecule has 5 heteroatoms. The summed E-state index contributed by atoms with van der Waals surface area (Å²) in [5.74, 6) is 1.09. The van der Waals surface area contributed by atoms with Crippen molar-refractivity contribution >= 4 is 22.9 Å². The zero-order valence-electron chi connectivity index (χ0n) is 16.9. The fourth-order valence-corrected chi connectivity index (χ4v) is 3.02. The lowest BCUT2D eigenvalue weighted by molar-refractivity contribution is -0.123. The van der Waals surface area contributed by atoms with Crippen LogP contribution in [0, 0.1) is 0 Å². The molecule has 31 heavy (non-hydrogen) atoms. The second-order valence-corrected chi connectivity index (χ2v) is 6.93. The molecule has 154 valence electrons. The predicted molar refractivity (Wildman–Crippen MR) is 122 cm³/mol. The predicted octanol–water partition coefficient (Wildman–Crippen LogP) is 4.95. The van der Waals surface area contributed by atoms with Crippen molar-refractivity contribution in [3.05, 3.63) is 108 Å². The summed E-state index contributed by atoms with van der Waals surface area (Å²) in [6.45, 7) is 0.401. The molecule has 0 aliphatic carbocycles. The first-order chi connectivity index (χ1) is 15.3. The van der Waals surface area contributed by atoms with Gasteiger partial charge in [0.1, 0.15) is 18.1 Å². The van der Waals surface area contributed by atoms with E-state index >= 15 is 0 Å². The van der Waals surface area contributed by atoms with E-state index in [1.807, 2.05) is 54.6 Å². The van der Waals surface area contributed by atoms with Crippen LogP contribution in [0.15, 0.2) is 102 Å². The van der Waals surface area contributed by atoms with Crippen LogP contribution in [0.4, 0.5) is 0 Å². The van der Waals surface area contributed by atoms with Gasteiger partial charge in [-0.15, -0.1) is 0 Å². The minimum Gasteiger partial charge on any atom is -0.489 e. The summed E-state index contributed by atoms with van der Waals surface area (Å²) in [6.07, 6.45) is 1.58. The Morgan fingerprint density at radius 3 is 2.29 bits per heavy atom. The van der Waals surface area contributed by atoms with Gasteiger partial charge in [0.25, 0.3) is 5.91 Å². The number of hydrazone groups is 1. The Balaban J connectivity index is 1.24. The van der Waals surface area contributed by atoms with Crippen molar-refractivity contribution in [2.75, 3.05) is 6.61 Å². The Bertz CT molecular complexity index is 1170. The average molecular weight is 410 g/mol. The van der Waals surface area contributed by atoms with Crippen LogP contribution in [0.5, 0.6) is 11.5 Å². The fourth-order valence-electron chi connectivity index (χ4n) is 3.02. The first-order valence-corrected chi connectivity index (χ1v) is 9.96. The van der Waals surface area contributed by atoms with Crippen molar-refractivity contribution in [1.82, 2.24) is 5.43 Å². The number of rotatable bonds is 8. The highest BCUT2D eigenvalue weighted by atomic mass is 16.5. The molecule has 0 aliphatic heterocycles. The molecule has 0 fully saturated rings. The highest BCUT2D eigenvalue weighted by Crippen LogP contribution is 2.18. The maximum Gasteiger partial charge on any atom is 0.277 e. The van der Waals surface area contributed by atoms with E-state index in [1.54, 1.807) is 18.3 Å². The van der Waals surface area contributed by atoms with E-state index in [4.69, 9.17) is 9.47 Å². The van der Waals surface area contributed by atoms with E-state index in [1.165, 1.54) is 10.8 Å². The molecule has 0 unspecified atom stereocenters. The molecule has 0 aromatic heterocycles. The summed E-state index contributed by atoms with van der Waals surface area (Å²) in [4.78, 5) is 11.8. The van der Waals surface area contributed by atoms with E-state index in [9.17, 15) is 4.79 Å². The van der Waals surface area contributed by atoms with Crippen LogP contribution in [-0.2, 0) is 11.4 Å². The van der Waals surface area contributed by atoms with Crippen LogP contribution in [0.25, 0.3) is 10.8 Å². The molecule has 0 aliphatic rings. The maximum atomic E-state index is 11.8. The summed E-state index contributed by atoms with van der Waals surface area (Å²) in [6, 6.07) is 31.3. The molecule has 4 aromatic carbocycles. The number of para-hydroxylation sites is 1. The lowest BCUT2D eigenvalue weighted by atomic mass is 10.1. The second-order valence-electron chi connectivity index (χ2n) is 6.93. The zero-order chi connectivity index (χ0) is 21.3. The number of carbonyl (C=O) groups is 1. The first kappa shape index (κ1) is 20.2. The van der Waals surface area contributed by atoms with E-state index in [0.29, 0.717) is 12.4 Å². The number of fused-ring (bicyclic) bond motifs is 1. The number of nitrogens with zero attached hydrogens (tertiary/aromatic N) is 1. The lowest BCUT2D eigenvalue weighted by Gasteiger charge is -2.08. The number of ether oxygens (including phenoxy) is 2. The van der Waals surface area contributed by atoms with Gasteiger partial charge in [-0.2, -0.15) is 5.10 Å². The summed E-state index contributed by atoms with van der Waals surface area (Å²) in [5, 5.41) is 6.38. The Hall–Kier alpha value is -4.12. The van der Waals surface area contributed by atoms with Gasteiger partial charge in [-0.25, -0.2) is 5.43 Å². The third-order valence-corrected chi connectivity index (χ3v) is 4.62. The second kappa shape index (κ2) is 10.1. The minimum atomic E-state index is -0.324. The van der Waals surface area contributed by atoms with E-state index in [2.05, 4.69) is 40.9 Å². The number of hydrogen-bond donors (Lipinski definition) is 1. The van der Waals surface area contributed by atoms with Crippen molar-refractivity contribution < 1.29 is 14.3 Å². The van der Waals surface area contributed by atoms with Crippen molar-refractivity contribution in [1.29, 1.82) is 0 Å². The molecule has 0 bridgehead atoms. The SMILES string of the molecule is O=C(COc1ccccc1)N/N=C\c1ccc(OCc2ccc3ccccc3c2)cc1. The van der Waals surface area contributed by atoms with E-state index in [0.717, 1.165) is 16.9 Å². The van der Waals surface area contributed by atoms with Crippen LogP contribution in [0.1, 0.15) is 11.1 Å². The lowest BCUT2D eigenvalue weighted by Crippen LogP contribution is -2.24. The molecular formula is C26H22N2O3. The molecule has 0 heterocycles. The highest BCUT2D eigenvalue weighted by Gasteiger charge is 2.01. The zero-order valence-corrected chi connectivity index (χ0v) is 16.9. The van der Waals surface area contributed by atoms with Gasteiger partial charge in [-0.05, 0) is 64.4 Å². The molecule has 4 aromatic rings. The molecule has 0 spiro atoms. The molecule has 0 radical (unpaired) electrons. The number of carbonyl (C=O) groups excluding carboxylic acids is 1. The van der Waals surface area contributed by atoms with Gasteiger partial charge >= 0.3 is 0 Å². The quantitative estimate of drug-likeness (QED) is 0.330. The van der Waals surface area contributed by atoms with Crippen LogP contribution in [0.3, 0.4) is 0 Å². The monoisotopic (exact) mass is 410 g/mol. The average Bonchev–Trinajstić information content (AvgIpc) is 2.83. The standard InChI is InChI=1S/C26H22N2O3/c29-26(19-31-24-8-2-1-3-9-24)28-27-17-20-11-14-25(15-12-20)30-18-21-10-13-22-6-4-5-7-23(22)16-21/h1-17H,18-19H2,(H,28,29)/b27-17-.